The molecule has 0 heterocycles. The largest absolute Gasteiger partial charge is 0.494 e. The maximum absolute atomic E-state index is 12.4. The van der Waals surface area contributed by atoms with Crippen molar-refractivity contribution >= 4 is 11.9 Å². The minimum atomic E-state index is -0.278. The second-order valence-electron chi connectivity index (χ2n) is 5.40. The highest BCUT2D eigenvalue weighted by atomic mass is 16.5. The van der Waals surface area contributed by atoms with Crippen molar-refractivity contribution in [1.29, 1.82) is 0 Å². The fourth-order valence-corrected chi connectivity index (χ4v) is 2.36. The SMILES string of the molecule is CCOc1ccc(CC(=O)N(CCC(=O)OC)C2CC2)cc1. The van der Waals surface area contributed by atoms with Gasteiger partial charge in [-0.1, -0.05) is 12.1 Å². The highest BCUT2D eigenvalue weighted by molar-refractivity contribution is 5.80. The Hall–Kier alpha value is -2.04. The maximum Gasteiger partial charge on any atom is 0.307 e. The third-order valence-electron chi connectivity index (χ3n) is 3.68. The fourth-order valence-electron chi connectivity index (χ4n) is 2.36. The van der Waals surface area contributed by atoms with E-state index >= 15 is 0 Å². The molecule has 0 bridgehead atoms. The van der Waals surface area contributed by atoms with Gasteiger partial charge in [0.25, 0.3) is 0 Å². The van der Waals surface area contributed by atoms with Crippen LogP contribution >= 0.6 is 0 Å². The molecular formula is C17H23NO4. The molecule has 1 aliphatic carbocycles. The number of rotatable bonds is 8. The average molecular weight is 305 g/mol. The van der Waals surface area contributed by atoms with Gasteiger partial charge < -0.3 is 14.4 Å². The van der Waals surface area contributed by atoms with Gasteiger partial charge in [-0.3, -0.25) is 9.59 Å². The fraction of sp³-hybridized carbons (Fsp3) is 0.529. The van der Waals surface area contributed by atoms with E-state index in [-0.39, 0.29) is 18.3 Å². The van der Waals surface area contributed by atoms with Gasteiger partial charge in [-0.05, 0) is 37.5 Å². The van der Waals surface area contributed by atoms with Gasteiger partial charge in [0.15, 0.2) is 0 Å². The number of nitrogens with zero attached hydrogens (tertiary/aromatic N) is 1. The van der Waals surface area contributed by atoms with Crippen molar-refractivity contribution in [2.24, 2.45) is 0 Å². The minimum absolute atomic E-state index is 0.0653. The van der Waals surface area contributed by atoms with Crippen LogP contribution in [0.1, 0.15) is 31.7 Å². The number of carbonyl (C=O) groups excluding carboxylic acids is 2. The quantitative estimate of drug-likeness (QED) is 0.691. The summed E-state index contributed by atoms with van der Waals surface area (Å²) in [7, 11) is 1.37. The summed E-state index contributed by atoms with van der Waals surface area (Å²) in [5, 5.41) is 0. The first-order chi connectivity index (χ1) is 10.6. The standard InChI is InChI=1S/C17H23NO4/c1-3-22-15-8-4-13(5-9-15)12-16(19)18(14-6-7-14)11-10-17(20)21-2/h4-5,8-9,14H,3,6-7,10-12H2,1-2H3. The summed E-state index contributed by atoms with van der Waals surface area (Å²) < 4.78 is 10.0. The molecule has 1 fully saturated rings. The third-order valence-corrected chi connectivity index (χ3v) is 3.68. The van der Waals surface area contributed by atoms with E-state index in [4.69, 9.17) is 4.74 Å². The molecule has 1 aromatic rings. The van der Waals surface area contributed by atoms with E-state index in [1.54, 1.807) is 0 Å². The molecule has 1 aliphatic rings. The Morgan fingerprint density at radius 2 is 1.91 bits per heavy atom. The van der Waals surface area contributed by atoms with E-state index in [9.17, 15) is 9.59 Å². The van der Waals surface area contributed by atoms with Gasteiger partial charge in [-0.15, -0.1) is 0 Å². The van der Waals surface area contributed by atoms with E-state index in [1.165, 1.54) is 7.11 Å². The van der Waals surface area contributed by atoms with E-state index in [0.717, 1.165) is 24.2 Å². The molecular weight excluding hydrogens is 282 g/mol. The van der Waals surface area contributed by atoms with Crippen molar-refractivity contribution in [2.45, 2.75) is 38.6 Å². The molecule has 0 unspecified atom stereocenters. The predicted octanol–water partition coefficient (Wildman–Crippen LogP) is 2.18. The molecule has 2 rings (SSSR count). The van der Waals surface area contributed by atoms with Gasteiger partial charge in [0, 0.05) is 12.6 Å². The van der Waals surface area contributed by atoms with Crippen LogP contribution in [0.5, 0.6) is 5.75 Å². The molecule has 0 aromatic heterocycles. The Labute approximate surface area is 131 Å². The van der Waals surface area contributed by atoms with Crippen LogP contribution in [0.4, 0.5) is 0 Å². The molecule has 0 saturated heterocycles. The number of methoxy groups -OCH3 is 1. The summed E-state index contributed by atoms with van der Waals surface area (Å²) in [4.78, 5) is 25.5. The van der Waals surface area contributed by atoms with Gasteiger partial charge in [-0.25, -0.2) is 0 Å². The first-order valence-corrected chi connectivity index (χ1v) is 7.72. The Morgan fingerprint density at radius 3 is 2.45 bits per heavy atom. The first-order valence-electron chi connectivity index (χ1n) is 7.72. The van der Waals surface area contributed by atoms with Crippen molar-refractivity contribution in [1.82, 2.24) is 4.90 Å². The van der Waals surface area contributed by atoms with Crippen LogP contribution in [0.25, 0.3) is 0 Å². The number of carbonyl (C=O) groups is 2. The van der Waals surface area contributed by atoms with E-state index in [1.807, 2.05) is 36.1 Å². The molecule has 0 atom stereocenters. The van der Waals surface area contributed by atoms with Crippen LogP contribution in [-0.4, -0.2) is 43.1 Å². The Bertz CT molecular complexity index is 508. The minimum Gasteiger partial charge on any atom is -0.494 e. The van der Waals surface area contributed by atoms with Crippen molar-refractivity contribution in [2.75, 3.05) is 20.3 Å². The number of hydrogen-bond acceptors (Lipinski definition) is 4. The Balaban J connectivity index is 1.91. The van der Waals surface area contributed by atoms with Gasteiger partial charge >= 0.3 is 5.97 Å². The molecule has 0 spiro atoms. The molecule has 0 aliphatic heterocycles. The lowest BCUT2D eigenvalue weighted by Crippen LogP contribution is -2.36. The Kier molecular flexibility index (Phi) is 5.81. The van der Waals surface area contributed by atoms with Crippen LogP contribution in [0.2, 0.25) is 0 Å². The second-order valence-corrected chi connectivity index (χ2v) is 5.40. The average Bonchev–Trinajstić information content (AvgIpc) is 3.34. The van der Waals surface area contributed by atoms with Crippen molar-refractivity contribution < 1.29 is 19.1 Å². The van der Waals surface area contributed by atoms with Crippen molar-refractivity contribution in [3.8, 4) is 5.75 Å². The van der Waals surface area contributed by atoms with E-state index in [0.29, 0.717) is 25.6 Å². The third kappa shape index (κ3) is 4.76. The summed E-state index contributed by atoms with van der Waals surface area (Å²) in [5.74, 6) is 0.596. The normalized spacial score (nSPS) is 13.5. The topological polar surface area (TPSA) is 55.8 Å². The molecule has 120 valence electrons. The summed E-state index contributed by atoms with van der Waals surface area (Å²) in [6.07, 6.45) is 2.65. The summed E-state index contributed by atoms with van der Waals surface area (Å²) in [6.45, 7) is 3.00. The molecule has 1 amide bonds. The summed E-state index contributed by atoms with van der Waals surface area (Å²) in [6, 6.07) is 7.87. The second kappa shape index (κ2) is 7.82. The Morgan fingerprint density at radius 1 is 1.23 bits per heavy atom. The molecule has 5 heteroatoms. The molecule has 5 nitrogen and oxygen atoms in total. The van der Waals surface area contributed by atoms with Gasteiger partial charge in [0.05, 0.1) is 26.6 Å². The zero-order valence-corrected chi connectivity index (χ0v) is 13.2. The predicted molar refractivity (Wildman–Crippen MR) is 82.7 cm³/mol. The van der Waals surface area contributed by atoms with Gasteiger partial charge in [0.2, 0.25) is 5.91 Å². The van der Waals surface area contributed by atoms with Crippen LogP contribution in [-0.2, 0) is 20.7 Å². The van der Waals surface area contributed by atoms with Gasteiger partial charge in [-0.2, -0.15) is 0 Å². The highest BCUT2D eigenvalue weighted by Gasteiger charge is 2.32. The number of ether oxygens (including phenoxy) is 2. The van der Waals surface area contributed by atoms with Crippen LogP contribution in [0, 0.1) is 0 Å². The maximum atomic E-state index is 12.4. The van der Waals surface area contributed by atoms with E-state index in [2.05, 4.69) is 4.74 Å². The smallest absolute Gasteiger partial charge is 0.307 e. The summed E-state index contributed by atoms with van der Waals surface area (Å²) >= 11 is 0. The molecule has 1 saturated carbocycles. The van der Waals surface area contributed by atoms with Crippen LogP contribution in [0.3, 0.4) is 0 Å². The number of esters is 1. The zero-order valence-electron chi connectivity index (χ0n) is 13.2. The van der Waals surface area contributed by atoms with Crippen molar-refractivity contribution in [3.63, 3.8) is 0 Å². The number of benzene rings is 1. The lowest BCUT2D eigenvalue weighted by Gasteiger charge is -2.22. The summed E-state index contributed by atoms with van der Waals surface area (Å²) in [5.41, 5.74) is 0.956. The first kappa shape index (κ1) is 16.3. The molecule has 0 N–H and O–H groups in total. The monoisotopic (exact) mass is 305 g/mol. The van der Waals surface area contributed by atoms with Crippen LogP contribution < -0.4 is 4.74 Å². The molecule has 22 heavy (non-hydrogen) atoms. The lowest BCUT2D eigenvalue weighted by molar-refractivity contribution is -0.141. The van der Waals surface area contributed by atoms with E-state index < -0.39 is 0 Å². The molecule has 1 aromatic carbocycles. The van der Waals surface area contributed by atoms with Gasteiger partial charge in [0.1, 0.15) is 5.75 Å². The highest BCUT2D eigenvalue weighted by Crippen LogP contribution is 2.27. The number of hydrogen-bond donors (Lipinski definition) is 0. The van der Waals surface area contributed by atoms with Crippen molar-refractivity contribution in [3.05, 3.63) is 29.8 Å². The molecule has 0 radical (unpaired) electrons. The zero-order chi connectivity index (χ0) is 15.9. The lowest BCUT2D eigenvalue weighted by atomic mass is 10.1. The number of amides is 1. The van der Waals surface area contributed by atoms with Crippen LogP contribution in [0.15, 0.2) is 24.3 Å².